The van der Waals surface area contributed by atoms with E-state index in [1.165, 1.54) is 4.90 Å². The van der Waals surface area contributed by atoms with Gasteiger partial charge in [0, 0.05) is 24.2 Å². The molecule has 0 spiro atoms. The zero-order chi connectivity index (χ0) is 11.9. The summed E-state index contributed by atoms with van der Waals surface area (Å²) >= 11 is 3.29. The zero-order valence-electron chi connectivity index (χ0n) is 8.98. The topological polar surface area (TPSA) is 50.3 Å². The van der Waals surface area contributed by atoms with Gasteiger partial charge >= 0.3 is 0 Å². The van der Waals surface area contributed by atoms with E-state index < -0.39 is 0 Å². The van der Waals surface area contributed by atoms with Gasteiger partial charge in [0.25, 0.3) is 0 Å². The van der Waals surface area contributed by atoms with Gasteiger partial charge in [-0.05, 0) is 22.0 Å². The number of hydrogen-bond acceptors (Lipinski definition) is 3. The molecule has 0 aliphatic carbocycles. The lowest BCUT2D eigenvalue weighted by molar-refractivity contribution is -0.122. The van der Waals surface area contributed by atoms with Crippen LogP contribution in [0.25, 0.3) is 0 Å². The molecule has 2 heterocycles. The molecular formula is C11H11BrN2O2. The number of rotatable bonds is 1. The number of amides is 2. The Morgan fingerprint density at radius 1 is 1.25 bits per heavy atom. The number of hydrogen-bond donors (Lipinski definition) is 0. The fraction of sp³-hybridized carbons (Fsp3) is 0.364. The molecule has 5 heteroatoms. The summed E-state index contributed by atoms with van der Waals surface area (Å²) in [6, 6.07) is 1.66. The number of halogens is 1. The smallest absolute Gasteiger partial charge is 0.237 e. The zero-order valence-corrected chi connectivity index (χ0v) is 10.6. The number of anilines is 1. The molecule has 1 saturated heterocycles. The van der Waals surface area contributed by atoms with Crippen LogP contribution in [0.5, 0.6) is 0 Å². The second kappa shape index (κ2) is 3.97. The van der Waals surface area contributed by atoms with Crippen molar-refractivity contribution in [2.45, 2.75) is 13.8 Å². The Hall–Kier alpha value is -1.23. The molecule has 0 aromatic carbocycles. The molecule has 2 rings (SSSR count). The van der Waals surface area contributed by atoms with Crippen LogP contribution in [0.1, 0.15) is 13.8 Å². The van der Waals surface area contributed by atoms with Gasteiger partial charge in [0.2, 0.25) is 11.8 Å². The number of nitrogens with zero attached hydrogens (tertiary/aromatic N) is 2. The lowest BCUT2D eigenvalue weighted by Crippen LogP contribution is -2.30. The predicted octanol–water partition coefficient (Wildman–Crippen LogP) is 1.99. The van der Waals surface area contributed by atoms with E-state index in [1.807, 2.05) is 0 Å². The third kappa shape index (κ3) is 1.55. The van der Waals surface area contributed by atoms with Crippen molar-refractivity contribution in [3.05, 3.63) is 22.9 Å². The molecule has 2 unspecified atom stereocenters. The molecule has 1 aliphatic rings. The van der Waals surface area contributed by atoms with Crippen molar-refractivity contribution in [3.8, 4) is 0 Å². The first kappa shape index (κ1) is 11.3. The van der Waals surface area contributed by atoms with E-state index >= 15 is 0 Å². The van der Waals surface area contributed by atoms with Crippen LogP contribution >= 0.6 is 15.9 Å². The summed E-state index contributed by atoms with van der Waals surface area (Å²) < 4.78 is 0.651. The van der Waals surface area contributed by atoms with Gasteiger partial charge in [-0.15, -0.1) is 0 Å². The normalized spacial score (nSPS) is 25.3. The predicted molar refractivity (Wildman–Crippen MR) is 62.8 cm³/mol. The number of imide groups is 1. The van der Waals surface area contributed by atoms with E-state index in [-0.39, 0.29) is 23.7 Å². The highest BCUT2D eigenvalue weighted by atomic mass is 79.9. The van der Waals surface area contributed by atoms with Crippen LogP contribution in [0.4, 0.5) is 5.69 Å². The maximum absolute atomic E-state index is 11.9. The van der Waals surface area contributed by atoms with Crippen molar-refractivity contribution in [2.24, 2.45) is 11.8 Å². The minimum Gasteiger partial charge on any atom is -0.274 e. The number of carbonyl (C=O) groups excluding carboxylic acids is 2. The average Bonchev–Trinajstić information content (AvgIpc) is 2.45. The molecule has 0 saturated carbocycles. The van der Waals surface area contributed by atoms with Gasteiger partial charge in [0.1, 0.15) is 0 Å². The molecule has 0 bridgehead atoms. The molecule has 0 radical (unpaired) electrons. The van der Waals surface area contributed by atoms with Crippen molar-refractivity contribution >= 4 is 33.4 Å². The summed E-state index contributed by atoms with van der Waals surface area (Å²) in [7, 11) is 0. The SMILES string of the molecule is CC1C(=O)N(c2ccncc2Br)C(=O)C1C. The third-order valence-corrected chi connectivity index (χ3v) is 3.57. The number of aromatic nitrogens is 1. The summed E-state index contributed by atoms with van der Waals surface area (Å²) in [5.74, 6) is -0.811. The van der Waals surface area contributed by atoms with E-state index in [1.54, 1.807) is 32.3 Å². The lowest BCUT2D eigenvalue weighted by Gasteiger charge is -2.15. The van der Waals surface area contributed by atoms with Gasteiger partial charge in [0.05, 0.1) is 10.2 Å². The molecule has 1 fully saturated rings. The van der Waals surface area contributed by atoms with Crippen molar-refractivity contribution in [1.29, 1.82) is 0 Å². The first-order valence-electron chi connectivity index (χ1n) is 5.01. The minimum atomic E-state index is -0.257. The molecule has 2 atom stereocenters. The minimum absolute atomic E-state index is 0.149. The Balaban J connectivity index is 2.47. The molecule has 16 heavy (non-hydrogen) atoms. The highest BCUT2D eigenvalue weighted by Gasteiger charge is 2.43. The van der Waals surface area contributed by atoms with Gasteiger partial charge in [0.15, 0.2) is 0 Å². The highest BCUT2D eigenvalue weighted by Crippen LogP contribution is 2.33. The quantitative estimate of drug-likeness (QED) is 0.741. The molecule has 4 nitrogen and oxygen atoms in total. The first-order valence-corrected chi connectivity index (χ1v) is 5.80. The molecule has 1 aromatic heterocycles. The molecular weight excluding hydrogens is 272 g/mol. The Labute approximate surface area is 102 Å². The van der Waals surface area contributed by atoms with Crippen molar-refractivity contribution < 1.29 is 9.59 Å². The Morgan fingerprint density at radius 3 is 2.31 bits per heavy atom. The molecule has 1 aliphatic heterocycles. The fourth-order valence-electron chi connectivity index (χ4n) is 1.73. The maximum atomic E-state index is 11.9. The Bertz CT molecular complexity index is 441. The van der Waals surface area contributed by atoms with Crippen LogP contribution in [-0.2, 0) is 9.59 Å². The van der Waals surface area contributed by atoms with Gasteiger partial charge < -0.3 is 0 Å². The van der Waals surface area contributed by atoms with Crippen LogP contribution in [0, 0.1) is 11.8 Å². The van der Waals surface area contributed by atoms with Crippen molar-refractivity contribution in [3.63, 3.8) is 0 Å². The summed E-state index contributed by atoms with van der Waals surface area (Å²) in [5.41, 5.74) is 0.571. The first-order chi connectivity index (χ1) is 7.54. The van der Waals surface area contributed by atoms with Crippen LogP contribution in [0.3, 0.4) is 0 Å². The van der Waals surface area contributed by atoms with E-state index in [2.05, 4.69) is 20.9 Å². The van der Waals surface area contributed by atoms with Crippen molar-refractivity contribution in [1.82, 2.24) is 4.98 Å². The van der Waals surface area contributed by atoms with Gasteiger partial charge in [-0.3, -0.25) is 14.6 Å². The number of carbonyl (C=O) groups is 2. The van der Waals surface area contributed by atoms with E-state index in [0.717, 1.165) is 0 Å². The van der Waals surface area contributed by atoms with Crippen LogP contribution in [-0.4, -0.2) is 16.8 Å². The summed E-state index contributed by atoms with van der Waals surface area (Å²) in [6.45, 7) is 3.56. The molecule has 1 aromatic rings. The van der Waals surface area contributed by atoms with E-state index in [0.29, 0.717) is 10.2 Å². The average molecular weight is 283 g/mol. The lowest BCUT2D eigenvalue weighted by atomic mass is 10.00. The van der Waals surface area contributed by atoms with Crippen LogP contribution < -0.4 is 4.90 Å². The molecule has 2 amide bonds. The van der Waals surface area contributed by atoms with Crippen molar-refractivity contribution in [2.75, 3.05) is 4.90 Å². The van der Waals surface area contributed by atoms with E-state index in [4.69, 9.17) is 0 Å². The fourth-order valence-corrected chi connectivity index (χ4v) is 2.16. The van der Waals surface area contributed by atoms with Crippen LogP contribution in [0.2, 0.25) is 0 Å². The van der Waals surface area contributed by atoms with Crippen LogP contribution in [0.15, 0.2) is 22.9 Å². The second-order valence-corrected chi connectivity index (χ2v) is 4.77. The van der Waals surface area contributed by atoms with Gasteiger partial charge in [-0.1, -0.05) is 13.8 Å². The summed E-state index contributed by atoms with van der Waals surface area (Å²) in [5, 5.41) is 0. The Kier molecular flexibility index (Phi) is 2.80. The van der Waals surface area contributed by atoms with Gasteiger partial charge in [-0.2, -0.15) is 0 Å². The molecule has 84 valence electrons. The summed E-state index contributed by atoms with van der Waals surface area (Å²) in [4.78, 5) is 29.0. The van der Waals surface area contributed by atoms with Gasteiger partial charge in [-0.25, -0.2) is 4.90 Å². The standard InChI is InChI=1S/C11H11BrN2O2/c1-6-7(2)11(16)14(10(6)15)9-3-4-13-5-8(9)12/h3-7H,1-2H3. The third-order valence-electron chi connectivity index (χ3n) is 2.96. The Morgan fingerprint density at radius 2 is 1.81 bits per heavy atom. The number of pyridine rings is 1. The monoisotopic (exact) mass is 282 g/mol. The summed E-state index contributed by atoms with van der Waals surface area (Å²) in [6.07, 6.45) is 3.14. The van der Waals surface area contributed by atoms with E-state index in [9.17, 15) is 9.59 Å². The second-order valence-electron chi connectivity index (χ2n) is 3.92. The molecule has 0 N–H and O–H groups in total. The largest absolute Gasteiger partial charge is 0.274 e. The highest BCUT2D eigenvalue weighted by molar-refractivity contribution is 9.10. The maximum Gasteiger partial charge on any atom is 0.237 e.